The Morgan fingerprint density at radius 1 is 1.00 bits per heavy atom. The van der Waals surface area contributed by atoms with Gasteiger partial charge in [-0.2, -0.15) is 0 Å². The van der Waals surface area contributed by atoms with Gasteiger partial charge in [-0.05, 0) is 12.1 Å². The number of carbonyl (C=O) groups excluding carboxylic acids is 1. The van der Waals surface area contributed by atoms with E-state index in [9.17, 15) is 9.90 Å². The number of aryl methyl sites for hydroxylation is 1. The summed E-state index contributed by atoms with van der Waals surface area (Å²) in [5.74, 6) is 1.02. The van der Waals surface area contributed by atoms with Crippen LogP contribution >= 0.6 is 0 Å². The zero-order chi connectivity index (χ0) is 19.5. The molecule has 8 nitrogen and oxygen atoms in total. The van der Waals surface area contributed by atoms with Crippen molar-refractivity contribution in [2.45, 2.75) is 6.10 Å². The lowest BCUT2D eigenvalue weighted by Crippen LogP contribution is -2.52. The maximum absolute atomic E-state index is 10.8. The number of hydrogen-bond donors (Lipinski definition) is 1. The number of nitrogens with zero attached hydrogens (tertiary/aromatic N) is 6. The second-order valence-electron chi connectivity index (χ2n) is 7.84. The van der Waals surface area contributed by atoms with Crippen LogP contribution < -0.4 is 4.90 Å². The highest BCUT2D eigenvalue weighted by molar-refractivity contribution is 5.78. The smallest absolute Gasteiger partial charge is 0.209 e. The third-order valence-corrected chi connectivity index (χ3v) is 5.91. The zero-order valence-corrected chi connectivity index (χ0v) is 16.6. The monoisotopic (exact) mass is 386 g/mol. The molecular formula is C20H30N6O2. The van der Waals surface area contributed by atoms with Crippen molar-refractivity contribution in [3.63, 3.8) is 0 Å². The van der Waals surface area contributed by atoms with Gasteiger partial charge in [0, 0.05) is 72.5 Å². The van der Waals surface area contributed by atoms with E-state index < -0.39 is 0 Å². The molecule has 1 atom stereocenters. The van der Waals surface area contributed by atoms with E-state index in [4.69, 9.17) is 4.98 Å². The van der Waals surface area contributed by atoms with Gasteiger partial charge in [-0.25, -0.2) is 4.98 Å². The molecule has 0 aliphatic carbocycles. The summed E-state index contributed by atoms with van der Waals surface area (Å²) in [7, 11) is 2.07. The van der Waals surface area contributed by atoms with Crippen LogP contribution in [0.5, 0.6) is 0 Å². The predicted molar refractivity (Wildman–Crippen MR) is 109 cm³/mol. The number of piperazine rings is 2. The van der Waals surface area contributed by atoms with Gasteiger partial charge in [0.2, 0.25) is 12.4 Å². The predicted octanol–water partition coefficient (Wildman–Crippen LogP) is -0.170. The molecule has 0 saturated carbocycles. The molecular weight excluding hydrogens is 356 g/mol. The molecule has 0 unspecified atom stereocenters. The van der Waals surface area contributed by atoms with Crippen LogP contribution in [-0.2, 0) is 11.8 Å². The first-order valence-corrected chi connectivity index (χ1v) is 10.1. The molecule has 2 saturated heterocycles. The van der Waals surface area contributed by atoms with Gasteiger partial charge < -0.3 is 19.5 Å². The van der Waals surface area contributed by atoms with Crippen molar-refractivity contribution in [3.05, 3.63) is 24.3 Å². The lowest BCUT2D eigenvalue weighted by Gasteiger charge is -2.37. The number of benzene rings is 1. The Morgan fingerprint density at radius 3 is 2.21 bits per heavy atom. The van der Waals surface area contributed by atoms with E-state index in [1.165, 1.54) is 0 Å². The van der Waals surface area contributed by atoms with Crippen LogP contribution in [0.2, 0.25) is 0 Å². The third-order valence-electron chi connectivity index (χ3n) is 5.91. The molecule has 0 spiro atoms. The second kappa shape index (κ2) is 8.46. The van der Waals surface area contributed by atoms with E-state index in [0.29, 0.717) is 13.1 Å². The average Bonchev–Trinajstić information content (AvgIpc) is 3.06. The fourth-order valence-corrected chi connectivity index (χ4v) is 4.25. The van der Waals surface area contributed by atoms with Crippen LogP contribution in [0.1, 0.15) is 0 Å². The lowest BCUT2D eigenvalue weighted by molar-refractivity contribution is -0.119. The van der Waals surface area contributed by atoms with Crippen molar-refractivity contribution in [2.75, 3.05) is 70.3 Å². The Morgan fingerprint density at radius 2 is 1.61 bits per heavy atom. The second-order valence-corrected chi connectivity index (χ2v) is 7.84. The van der Waals surface area contributed by atoms with E-state index in [2.05, 4.69) is 38.4 Å². The molecule has 2 aromatic rings. The number of β-amino-alcohol motifs (C(OH)–C–C–N with tert-alkyl or cyclic N) is 1. The van der Waals surface area contributed by atoms with Crippen molar-refractivity contribution in [1.29, 1.82) is 0 Å². The van der Waals surface area contributed by atoms with E-state index >= 15 is 0 Å². The van der Waals surface area contributed by atoms with Crippen molar-refractivity contribution in [3.8, 4) is 0 Å². The van der Waals surface area contributed by atoms with E-state index in [-0.39, 0.29) is 6.10 Å². The van der Waals surface area contributed by atoms with Crippen LogP contribution in [0.25, 0.3) is 11.0 Å². The Balaban J connectivity index is 1.26. The number of imidazole rings is 1. The molecule has 1 aromatic heterocycles. The minimum Gasteiger partial charge on any atom is -0.390 e. The summed E-state index contributed by atoms with van der Waals surface area (Å²) >= 11 is 0. The van der Waals surface area contributed by atoms with Gasteiger partial charge in [0.25, 0.3) is 0 Å². The average molecular weight is 387 g/mol. The minimum absolute atomic E-state index is 0.356. The molecule has 1 amide bonds. The number of aliphatic hydroxyl groups is 1. The normalized spacial score (nSPS) is 20.6. The number of amides is 1. The maximum atomic E-state index is 10.8. The molecule has 152 valence electrons. The van der Waals surface area contributed by atoms with Gasteiger partial charge in [0.05, 0.1) is 17.1 Å². The summed E-state index contributed by atoms with van der Waals surface area (Å²) < 4.78 is 2.17. The number of hydrogen-bond acceptors (Lipinski definition) is 6. The molecule has 28 heavy (non-hydrogen) atoms. The summed E-state index contributed by atoms with van der Waals surface area (Å²) in [6.07, 6.45) is 0.558. The Bertz CT molecular complexity index is 793. The zero-order valence-electron chi connectivity index (χ0n) is 16.6. The number of aromatic nitrogens is 2. The number of carbonyl (C=O) groups is 1. The molecule has 2 aliphatic heterocycles. The maximum Gasteiger partial charge on any atom is 0.209 e. The Labute approximate surface area is 165 Å². The van der Waals surface area contributed by atoms with Crippen LogP contribution in [-0.4, -0.2) is 107 Å². The van der Waals surface area contributed by atoms with Crippen LogP contribution in [0, 0.1) is 0 Å². The highest BCUT2D eigenvalue weighted by Crippen LogP contribution is 2.22. The van der Waals surface area contributed by atoms with Crippen molar-refractivity contribution in [1.82, 2.24) is 24.3 Å². The number of fused-ring (bicyclic) bond motifs is 1. The number of para-hydroxylation sites is 2. The first-order valence-electron chi connectivity index (χ1n) is 10.1. The first-order chi connectivity index (χ1) is 13.6. The molecule has 2 fully saturated rings. The first kappa shape index (κ1) is 19.2. The highest BCUT2D eigenvalue weighted by atomic mass is 16.3. The topological polar surface area (TPSA) is 68.1 Å². The van der Waals surface area contributed by atoms with Gasteiger partial charge >= 0.3 is 0 Å². The number of anilines is 1. The lowest BCUT2D eigenvalue weighted by atomic mass is 10.2. The van der Waals surface area contributed by atoms with Crippen LogP contribution in [0.3, 0.4) is 0 Å². The summed E-state index contributed by atoms with van der Waals surface area (Å²) in [5.41, 5.74) is 2.19. The molecule has 1 aromatic carbocycles. The van der Waals surface area contributed by atoms with Crippen LogP contribution in [0.4, 0.5) is 5.95 Å². The summed E-state index contributed by atoms with van der Waals surface area (Å²) in [5, 5.41) is 10.5. The van der Waals surface area contributed by atoms with Gasteiger partial charge in [-0.3, -0.25) is 14.6 Å². The molecule has 0 radical (unpaired) electrons. The quantitative estimate of drug-likeness (QED) is 0.696. The van der Waals surface area contributed by atoms with Crippen LogP contribution in [0.15, 0.2) is 24.3 Å². The molecule has 3 heterocycles. The summed E-state index contributed by atoms with van der Waals surface area (Å²) in [4.78, 5) is 24.3. The molecule has 1 N–H and O–H groups in total. The summed E-state index contributed by atoms with van der Waals surface area (Å²) in [6, 6.07) is 8.23. The summed E-state index contributed by atoms with van der Waals surface area (Å²) in [6.45, 7) is 8.27. The minimum atomic E-state index is -0.356. The Hall–Kier alpha value is -2.16. The van der Waals surface area contributed by atoms with Gasteiger partial charge in [0.1, 0.15) is 0 Å². The van der Waals surface area contributed by atoms with Crippen molar-refractivity contribution in [2.24, 2.45) is 7.05 Å². The molecule has 0 bridgehead atoms. The fraction of sp³-hybridized carbons (Fsp3) is 0.600. The van der Waals surface area contributed by atoms with Gasteiger partial charge in [0.15, 0.2) is 0 Å². The van der Waals surface area contributed by atoms with Gasteiger partial charge in [-0.15, -0.1) is 0 Å². The van der Waals surface area contributed by atoms with E-state index in [0.717, 1.165) is 75.7 Å². The van der Waals surface area contributed by atoms with Crippen molar-refractivity contribution >= 4 is 23.4 Å². The van der Waals surface area contributed by atoms with Crippen molar-refractivity contribution < 1.29 is 9.90 Å². The van der Waals surface area contributed by atoms with E-state index in [1.54, 1.807) is 4.90 Å². The standard InChI is InChI=1S/C20H30N6O2/c1-22-19-5-3-2-4-18(19)21-20(22)26-12-10-24(11-13-26)15-17(28)14-23-6-8-25(16-27)9-7-23/h2-5,16-17,28H,6-15H2,1H3/t17-/m0/s1. The molecule has 4 rings (SSSR count). The van der Waals surface area contributed by atoms with Gasteiger partial charge in [-0.1, -0.05) is 12.1 Å². The Kier molecular flexibility index (Phi) is 5.79. The number of rotatable bonds is 6. The number of aliphatic hydroxyl groups excluding tert-OH is 1. The largest absolute Gasteiger partial charge is 0.390 e. The highest BCUT2D eigenvalue weighted by Gasteiger charge is 2.24. The molecule has 8 heteroatoms. The van der Waals surface area contributed by atoms with E-state index in [1.807, 2.05) is 12.1 Å². The molecule has 2 aliphatic rings. The third kappa shape index (κ3) is 4.14. The SMILES string of the molecule is Cn1c(N2CCN(C[C@@H](O)CN3CCN(C=O)CC3)CC2)nc2ccccc21. The fourth-order valence-electron chi connectivity index (χ4n) is 4.25.